The number of hydrogen-bond acceptors (Lipinski definition) is 5. The number of amides is 2. The Morgan fingerprint density at radius 2 is 1.88 bits per heavy atom. The van der Waals surface area contributed by atoms with E-state index in [1.54, 1.807) is 0 Å². The van der Waals surface area contributed by atoms with Gasteiger partial charge in [-0.15, -0.1) is 0 Å². The quantitative estimate of drug-likeness (QED) is 0.873. The van der Waals surface area contributed by atoms with Gasteiger partial charge in [-0.1, -0.05) is 54.5 Å². The molecule has 6 nitrogen and oxygen atoms in total. The lowest BCUT2D eigenvalue weighted by molar-refractivity contribution is -0.119. The molecule has 3 rings (SSSR count). The van der Waals surface area contributed by atoms with Gasteiger partial charge in [0.1, 0.15) is 10.7 Å². The van der Waals surface area contributed by atoms with Crippen LogP contribution >= 0.6 is 11.3 Å². The summed E-state index contributed by atoms with van der Waals surface area (Å²) in [6, 6.07) is 9.57. The van der Waals surface area contributed by atoms with Crippen molar-refractivity contribution in [3.8, 4) is 11.3 Å². The number of anilines is 2. The molecule has 2 aromatic rings. The van der Waals surface area contributed by atoms with Crippen LogP contribution in [0.1, 0.15) is 25.7 Å². The van der Waals surface area contributed by atoms with E-state index in [0.29, 0.717) is 15.8 Å². The van der Waals surface area contributed by atoms with Gasteiger partial charge < -0.3 is 10.1 Å². The summed E-state index contributed by atoms with van der Waals surface area (Å²) in [5.41, 5.74) is 1.53. The standard InChI is InChI=1S/C17H19N3O3S/c1-23-17(22)20-16-18-13(11-7-3-2-4-8-11)15(24-16)19-14(21)12-9-5-6-10-12/h2-4,7-8,12H,5-6,9-10H2,1H3,(H,19,21)(H,18,20,22). The van der Waals surface area contributed by atoms with Crippen molar-refractivity contribution in [2.45, 2.75) is 25.7 Å². The number of thiazole rings is 1. The van der Waals surface area contributed by atoms with Crippen molar-refractivity contribution in [2.75, 3.05) is 17.7 Å². The highest BCUT2D eigenvalue weighted by molar-refractivity contribution is 7.20. The van der Waals surface area contributed by atoms with Crippen LogP contribution in [0.5, 0.6) is 0 Å². The minimum Gasteiger partial charge on any atom is -0.453 e. The molecular formula is C17H19N3O3S. The number of methoxy groups -OCH3 is 1. The Kier molecular flexibility index (Phi) is 5.10. The average Bonchev–Trinajstić information content (AvgIpc) is 3.25. The Balaban J connectivity index is 1.87. The van der Waals surface area contributed by atoms with Gasteiger partial charge in [0.15, 0.2) is 5.13 Å². The van der Waals surface area contributed by atoms with Crippen molar-refractivity contribution in [1.82, 2.24) is 4.98 Å². The van der Waals surface area contributed by atoms with Gasteiger partial charge in [-0.3, -0.25) is 10.1 Å². The molecule has 0 aliphatic heterocycles. The van der Waals surface area contributed by atoms with Gasteiger partial charge >= 0.3 is 6.09 Å². The van der Waals surface area contributed by atoms with E-state index in [-0.39, 0.29) is 11.8 Å². The van der Waals surface area contributed by atoms with Gasteiger partial charge in [-0.2, -0.15) is 0 Å². The SMILES string of the molecule is COC(=O)Nc1nc(-c2ccccc2)c(NC(=O)C2CCCC2)s1. The molecule has 2 amide bonds. The predicted molar refractivity (Wildman–Crippen MR) is 94.2 cm³/mol. The molecule has 0 atom stereocenters. The smallest absolute Gasteiger partial charge is 0.413 e. The van der Waals surface area contributed by atoms with Crippen LogP contribution in [0.25, 0.3) is 11.3 Å². The number of carbonyl (C=O) groups is 2. The second-order valence-corrected chi connectivity index (χ2v) is 6.65. The molecule has 1 aliphatic carbocycles. The summed E-state index contributed by atoms with van der Waals surface area (Å²) in [6.45, 7) is 0. The van der Waals surface area contributed by atoms with Crippen molar-refractivity contribution >= 4 is 33.5 Å². The number of aromatic nitrogens is 1. The molecule has 1 aromatic heterocycles. The van der Waals surface area contributed by atoms with Gasteiger partial charge in [0.2, 0.25) is 5.91 Å². The zero-order valence-electron chi connectivity index (χ0n) is 13.4. The number of ether oxygens (including phenoxy) is 1. The Bertz CT molecular complexity index is 724. The van der Waals surface area contributed by atoms with E-state index in [2.05, 4.69) is 20.4 Å². The van der Waals surface area contributed by atoms with Crippen LogP contribution in [0.2, 0.25) is 0 Å². The number of nitrogens with zero attached hydrogens (tertiary/aromatic N) is 1. The van der Waals surface area contributed by atoms with Crippen LogP contribution in [0.3, 0.4) is 0 Å². The van der Waals surface area contributed by atoms with Gasteiger partial charge in [0, 0.05) is 11.5 Å². The second-order valence-electron chi connectivity index (χ2n) is 5.65. The average molecular weight is 345 g/mol. The number of nitrogens with one attached hydrogen (secondary N) is 2. The maximum absolute atomic E-state index is 12.4. The topological polar surface area (TPSA) is 80.3 Å². The Morgan fingerprint density at radius 3 is 2.54 bits per heavy atom. The van der Waals surface area contributed by atoms with Crippen molar-refractivity contribution in [3.63, 3.8) is 0 Å². The van der Waals surface area contributed by atoms with Gasteiger partial charge in [0.25, 0.3) is 0 Å². The maximum Gasteiger partial charge on any atom is 0.413 e. The molecule has 0 bridgehead atoms. The lowest BCUT2D eigenvalue weighted by atomic mass is 10.1. The zero-order valence-corrected chi connectivity index (χ0v) is 14.2. The minimum atomic E-state index is -0.586. The molecular weight excluding hydrogens is 326 g/mol. The summed E-state index contributed by atoms with van der Waals surface area (Å²) in [4.78, 5) is 28.3. The van der Waals surface area contributed by atoms with Crippen LogP contribution in [0, 0.1) is 5.92 Å². The molecule has 126 valence electrons. The van der Waals surface area contributed by atoms with Gasteiger partial charge in [-0.25, -0.2) is 9.78 Å². The molecule has 0 unspecified atom stereocenters. The highest BCUT2D eigenvalue weighted by atomic mass is 32.1. The summed E-state index contributed by atoms with van der Waals surface area (Å²) in [6.07, 6.45) is 3.47. The molecule has 2 N–H and O–H groups in total. The molecule has 1 aliphatic rings. The van der Waals surface area contributed by atoms with E-state index in [0.717, 1.165) is 31.2 Å². The molecule has 0 radical (unpaired) electrons. The van der Waals surface area contributed by atoms with E-state index in [9.17, 15) is 9.59 Å². The van der Waals surface area contributed by atoms with Crippen molar-refractivity contribution in [1.29, 1.82) is 0 Å². The molecule has 1 fully saturated rings. The second kappa shape index (κ2) is 7.44. The largest absolute Gasteiger partial charge is 0.453 e. The maximum atomic E-state index is 12.4. The van der Waals surface area contributed by atoms with E-state index >= 15 is 0 Å². The first-order valence-electron chi connectivity index (χ1n) is 7.89. The highest BCUT2D eigenvalue weighted by Gasteiger charge is 2.25. The normalized spacial score (nSPS) is 14.4. The lowest BCUT2D eigenvalue weighted by Gasteiger charge is -2.09. The summed E-state index contributed by atoms with van der Waals surface area (Å²) < 4.78 is 4.60. The van der Waals surface area contributed by atoms with E-state index in [4.69, 9.17) is 0 Å². The fourth-order valence-electron chi connectivity index (χ4n) is 2.79. The summed E-state index contributed by atoms with van der Waals surface area (Å²) >= 11 is 1.23. The monoisotopic (exact) mass is 345 g/mol. The molecule has 24 heavy (non-hydrogen) atoms. The summed E-state index contributed by atoms with van der Waals surface area (Å²) in [5, 5.41) is 6.58. The number of hydrogen-bond donors (Lipinski definition) is 2. The van der Waals surface area contributed by atoms with Gasteiger partial charge in [-0.05, 0) is 12.8 Å². The van der Waals surface area contributed by atoms with Crippen LogP contribution in [-0.2, 0) is 9.53 Å². The van der Waals surface area contributed by atoms with Crippen LogP contribution in [0.15, 0.2) is 30.3 Å². The van der Waals surface area contributed by atoms with Crippen LogP contribution in [-0.4, -0.2) is 24.1 Å². The molecule has 1 aromatic carbocycles. The third-order valence-electron chi connectivity index (χ3n) is 4.03. The van der Waals surface area contributed by atoms with E-state index in [1.807, 2.05) is 30.3 Å². The first kappa shape index (κ1) is 16.4. The van der Waals surface area contributed by atoms with Crippen molar-refractivity contribution in [3.05, 3.63) is 30.3 Å². The van der Waals surface area contributed by atoms with Crippen molar-refractivity contribution in [2.24, 2.45) is 5.92 Å². The van der Waals surface area contributed by atoms with Gasteiger partial charge in [0.05, 0.1) is 7.11 Å². The fraction of sp³-hybridized carbons (Fsp3) is 0.353. The summed E-state index contributed by atoms with van der Waals surface area (Å²) in [5.74, 6) is 0.0886. The fourth-order valence-corrected chi connectivity index (χ4v) is 3.67. The Labute approximate surface area is 144 Å². The van der Waals surface area contributed by atoms with Crippen molar-refractivity contribution < 1.29 is 14.3 Å². The molecule has 1 saturated carbocycles. The highest BCUT2D eigenvalue weighted by Crippen LogP contribution is 2.37. The number of benzene rings is 1. The zero-order chi connectivity index (χ0) is 16.9. The Morgan fingerprint density at radius 1 is 1.17 bits per heavy atom. The first-order chi connectivity index (χ1) is 11.7. The Hall–Kier alpha value is -2.41. The third-order valence-corrected chi connectivity index (χ3v) is 4.92. The molecule has 7 heteroatoms. The molecule has 0 spiro atoms. The third kappa shape index (κ3) is 3.73. The van der Waals surface area contributed by atoms with Crippen LogP contribution < -0.4 is 10.6 Å². The molecule has 0 saturated heterocycles. The predicted octanol–water partition coefficient (Wildman–Crippen LogP) is 4.12. The minimum absolute atomic E-state index is 0.0259. The number of rotatable bonds is 4. The van der Waals surface area contributed by atoms with Crippen LogP contribution in [0.4, 0.5) is 14.9 Å². The summed E-state index contributed by atoms with van der Waals surface area (Å²) in [7, 11) is 1.30. The first-order valence-corrected chi connectivity index (χ1v) is 8.71. The number of carbonyl (C=O) groups excluding carboxylic acids is 2. The lowest BCUT2D eigenvalue weighted by Crippen LogP contribution is -2.20. The van der Waals surface area contributed by atoms with E-state index < -0.39 is 6.09 Å². The van der Waals surface area contributed by atoms with E-state index in [1.165, 1.54) is 18.4 Å². The molecule has 1 heterocycles.